The van der Waals surface area contributed by atoms with Gasteiger partial charge in [0.25, 0.3) is 0 Å². The van der Waals surface area contributed by atoms with Crippen molar-refractivity contribution in [3.63, 3.8) is 0 Å². The summed E-state index contributed by atoms with van der Waals surface area (Å²) in [7, 11) is -5.13. The first-order valence-electron chi connectivity index (χ1n) is 22.4. The Bertz CT molecular complexity index is 1080. The average molecular weight is 836 g/mol. The molecule has 0 aromatic carbocycles. The zero-order valence-electron chi connectivity index (χ0n) is 35.3. The molecule has 1 rings (SSSR count). The number of nitrogens with one attached hydrogen (secondary N) is 1. The van der Waals surface area contributed by atoms with Gasteiger partial charge in [0.15, 0.2) is 0 Å². The van der Waals surface area contributed by atoms with Crippen LogP contribution in [0.2, 0.25) is 0 Å². The fourth-order valence-electron chi connectivity index (χ4n) is 7.06. The Hall–Kier alpha value is -1.22. The highest BCUT2D eigenvalue weighted by molar-refractivity contribution is 7.47. The lowest BCUT2D eigenvalue weighted by Gasteiger charge is -2.41. The number of phosphoric acid groups is 1. The van der Waals surface area contributed by atoms with Crippen LogP contribution in [0.4, 0.5) is 0 Å². The van der Waals surface area contributed by atoms with Crippen molar-refractivity contribution < 1.29 is 59.0 Å². The smallest absolute Gasteiger partial charge is 0.393 e. The molecule has 0 bridgehead atoms. The van der Waals surface area contributed by atoms with E-state index in [9.17, 15) is 50.0 Å². The highest BCUT2D eigenvalue weighted by Crippen LogP contribution is 2.47. The van der Waals surface area contributed by atoms with Gasteiger partial charge in [0, 0.05) is 0 Å². The quantitative estimate of drug-likeness (QED) is 0.0180. The Morgan fingerprint density at radius 2 is 1.02 bits per heavy atom. The maximum absolute atomic E-state index is 12.9. The van der Waals surface area contributed by atoms with Crippen molar-refractivity contribution in [2.24, 2.45) is 0 Å². The van der Waals surface area contributed by atoms with Crippen LogP contribution in [0.1, 0.15) is 181 Å². The summed E-state index contributed by atoms with van der Waals surface area (Å²) in [6.07, 6.45) is 21.5. The molecule has 9 N–H and O–H groups in total. The molecular weight excluding hydrogens is 753 g/mol. The van der Waals surface area contributed by atoms with Gasteiger partial charge in [0.05, 0.1) is 31.3 Å². The molecule has 8 atom stereocenters. The number of rotatable bonds is 36. The summed E-state index contributed by atoms with van der Waals surface area (Å²) in [5.74, 6) is -0.600. The third kappa shape index (κ3) is 25.9. The number of carbonyl (C=O) groups excluding carboxylic acids is 1. The molecule has 0 spiro atoms. The first-order chi connectivity index (χ1) is 27.3. The zero-order chi connectivity index (χ0) is 42.3. The number of hydrogen-bond acceptors (Lipinski definition) is 11. The second kappa shape index (κ2) is 33.5. The summed E-state index contributed by atoms with van der Waals surface area (Å²) >= 11 is 0. The van der Waals surface area contributed by atoms with Crippen molar-refractivity contribution in [1.29, 1.82) is 0 Å². The van der Waals surface area contributed by atoms with Crippen LogP contribution in [0.3, 0.4) is 0 Å². The number of hydrogen-bond donors (Lipinski definition) is 9. The molecule has 0 aromatic rings. The molecule has 1 aliphatic carbocycles. The summed E-state index contributed by atoms with van der Waals surface area (Å²) in [5, 5.41) is 74.2. The number of phosphoric ester groups is 1. The van der Waals surface area contributed by atoms with Crippen LogP contribution in [0, 0.1) is 0 Å². The number of amides is 1. The Kier molecular flexibility index (Phi) is 31.6. The Morgan fingerprint density at radius 1 is 0.614 bits per heavy atom. The van der Waals surface area contributed by atoms with Crippen LogP contribution in [0.5, 0.6) is 0 Å². The molecule has 336 valence electrons. The maximum Gasteiger partial charge on any atom is 0.472 e. The van der Waals surface area contributed by atoms with Gasteiger partial charge in [-0.05, 0) is 44.9 Å². The van der Waals surface area contributed by atoms with Gasteiger partial charge in [-0.25, -0.2) is 4.57 Å². The van der Waals surface area contributed by atoms with Gasteiger partial charge in [-0.2, -0.15) is 0 Å². The van der Waals surface area contributed by atoms with Gasteiger partial charge in [0.1, 0.15) is 36.6 Å². The summed E-state index contributed by atoms with van der Waals surface area (Å²) in [5.41, 5.74) is 0. The number of unbranched alkanes of at least 4 members (excludes halogenated alkanes) is 21. The van der Waals surface area contributed by atoms with E-state index in [1.807, 2.05) is 0 Å². The van der Waals surface area contributed by atoms with Crippen LogP contribution >= 0.6 is 7.82 Å². The standard InChI is InChI=1S/C43H82NO12P/c1-3-5-7-9-11-13-14-15-16-17-18-19-20-21-23-24-26-28-30-34(45)32-37(47)44-35(36(46)31-29-27-25-22-12-10-8-6-4-2)33-55-57(53,54)56-43-41(51)39(49)38(48)40(50)42(43)52/h18-19,29,31,34-36,38-43,45-46,48-52H,3-17,20-28,30,32-33H2,1-2H3,(H,44,47)(H,53,54)/b19-18-,31-29+. The van der Waals surface area contributed by atoms with E-state index in [2.05, 4.69) is 31.3 Å². The zero-order valence-corrected chi connectivity index (χ0v) is 36.1. The van der Waals surface area contributed by atoms with Crippen molar-refractivity contribution in [2.45, 2.75) is 236 Å². The molecule has 1 saturated carbocycles. The number of allylic oxidation sites excluding steroid dienone is 3. The van der Waals surface area contributed by atoms with Crippen molar-refractivity contribution in [1.82, 2.24) is 5.32 Å². The van der Waals surface area contributed by atoms with Crippen molar-refractivity contribution in [3.8, 4) is 0 Å². The molecule has 1 amide bonds. The summed E-state index contributed by atoms with van der Waals surface area (Å²) in [4.78, 5) is 23.3. The second-order valence-electron chi connectivity index (χ2n) is 16.1. The van der Waals surface area contributed by atoms with E-state index in [0.717, 1.165) is 64.2 Å². The lowest BCUT2D eigenvalue weighted by atomic mass is 9.85. The minimum atomic E-state index is -5.13. The SMILES string of the molecule is CCCCCCCCC/C=C/C(O)C(COP(=O)(O)OC1C(O)C(O)C(O)C(O)C1O)NC(=O)CC(O)CCCCCCC/C=C\CCCCCCCCCCC. The molecule has 0 aliphatic heterocycles. The maximum atomic E-state index is 12.9. The van der Waals surface area contributed by atoms with Gasteiger partial charge >= 0.3 is 7.82 Å². The Balaban J connectivity index is 2.50. The highest BCUT2D eigenvalue weighted by atomic mass is 31.2. The minimum Gasteiger partial charge on any atom is -0.393 e. The largest absolute Gasteiger partial charge is 0.472 e. The molecule has 1 aliphatic rings. The molecule has 57 heavy (non-hydrogen) atoms. The predicted octanol–water partition coefficient (Wildman–Crippen LogP) is 6.81. The minimum absolute atomic E-state index is 0.249. The molecular formula is C43H82NO12P. The average Bonchev–Trinajstić information content (AvgIpc) is 3.18. The van der Waals surface area contributed by atoms with E-state index in [0.29, 0.717) is 12.8 Å². The summed E-state index contributed by atoms with van der Waals surface area (Å²) < 4.78 is 22.8. The van der Waals surface area contributed by atoms with Crippen molar-refractivity contribution >= 4 is 13.7 Å². The fraction of sp³-hybridized carbons (Fsp3) is 0.884. The lowest BCUT2D eigenvalue weighted by Crippen LogP contribution is -2.64. The Labute approximate surface area is 344 Å². The van der Waals surface area contributed by atoms with Crippen molar-refractivity contribution in [2.75, 3.05) is 6.61 Å². The number of carbonyl (C=O) groups is 1. The van der Waals surface area contributed by atoms with Crippen LogP contribution in [0.25, 0.3) is 0 Å². The van der Waals surface area contributed by atoms with E-state index >= 15 is 0 Å². The lowest BCUT2D eigenvalue weighted by molar-refractivity contribution is -0.220. The summed E-state index contributed by atoms with van der Waals surface area (Å²) in [6.45, 7) is 3.68. The van der Waals surface area contributed by atoms with Crippen LogP contribution < -0.4 is 5.32 Å². The number of aliphatic hydroxyl groups is 7. The predicted molar refractivity (Wildman–Crippen MR) is 224 cm³/mol. The molecule has 1 fully saturated rings. The highest BCUT2D eigenvalue weighted by Gasteiger charge is 2.51. The molecule has 0 radical (unpaired) electrons. The second-order valence-corrected chi connectivity index (χ2v) is 17.5. The van der Waals surface area contributed by atoms with Crippen LogP contribution in [-0.2, 0) is 18.4 Å². The van der Waals surface area contributed by atoms with Gasteiger partial charge < -0.3 is 46.0 Å². The molecule has 0 heterocycles. The molecule has 8 unspecified atom stereocenters. The van der Waals surface area contributed by atoms with Gasteiger partial charge in [0.2, 0.25) is 5.91 Å². The topological polar surface area (TPSA) is 226 Å². The van der Waals surface area contributed by atoms with E-state index in [-0.39, 0.29) is 6.42 Å². The van der Waals surface area contributed by atoms with E-state index in [1.54, 1.807) is 6.08 Å². The molecule has 14 heteroatoms. The van der Waals surface area contributed by atoms with Gasteiger partial charge in [-0.3, -0.25) is 13.8 Å². The molecule has 0 saturated heterocycles. The van der Waals surface area contributed by atoms with Gasteiger partial charge in [-0.1, -0.05) is 154 Å². The third-order valence-electron chi connectivity index (χ3n) is 10.8. The van der Waals surface area contributed by atoms with E-state index in [1.165, 1.54) is 89.5 Å². The molecule has 0 aromatic heterocycles. The monoisotopic (exact) mass is 836 g/mol. The van der Waals surface area contributed by atoms with E-state index in [4.69, 9.17) is 9.05 Å². The normalized spacial score (nSPS) is 24.2. The number of aliphatic hydroxyl groups excluding tert-OH is 7. The third-order valence-corrected chi connectivity index (χ3v) is 11.8. The van der Waals surface area contributed by atoms with Crippen LogP contribution in [0.15, 0.2) is 24.3 Å². The first kappa shape index (κ1) is 53.8. The van der Waals surface area contributed by atoms with Gasteiger partial charge in [-0.15, -0.1) is 0 Å². The summed E-state index contributed by atoms with van der Waals surface area (Å²) in [6, 6.07) is -1.24. The van der Waals surface area contributed by atoms with Crippen molar-refractivity contribution in [3.05, 3.63) is 24.3 Å². The van der Waals surface area contributed by atoms with E-state index < -0.39 is 75.2 Å². The van der Waals surface area contributed by atoms with Crippen LogP contribution in [-0.4, -0.2) is 108 Å². The first-order valence-corrected chi connectivity index (χ1v) is 23.9. The Morgan fingerprint density at radius 3 is 1.49 bits per heavy atom. The molecule has 13 nitrogen and oxygen atoms in total. The fourth-order valence-corrected chi connectivity index (χ4v) is 8.02.